The number of nitrogens with one attached hydrogen (secondary N) is 1. The van der Waals surface area contributed by atoms with Crippen molar-refractivity contribution in [2.24, 2.45) is 5.92 Å². The molecule has 1 atom stereocenters. The van der Waals surface area contributed by atoms with Gasteiger partial charge in [-0.25, -0.2) is 4.79 Å². The van der Waals surface area contributed by atoms with E-state index in [0.29, 0.717) is 0 Å². The van der Waals surface area contributed by atoms with Crippen molar-refractivity contribution in [2.75, 3.05) is 0 Å². The van der Waals surface area contributed by atoms with E-state index in [1.54, 1.807) is 0 Å². The molecular formula is C8H9F6NO3. The highest BCUT2D eigenvalue weighted by atomic mass is 19.4. The molecule has 0 radical (unpaired) electrons. The first kappa shape index (κ1) is 16.5. The fourth-order valence-corrected chi connectivity index (χ4v) is 1.16. The minimum atomic E-state index is -5.63. The van der Waals surface area contributed by atoms with Crippen molar-refractivity contribution in [2.45, 2.75) is 31.7 Å². The highest BCUT2D eigenvalue weighted by molar-refractivity contribution is 5.82. The van der Waals surface area contributed by atoms with Gasteiger partial charge in [0.2, 0.25) is 5.91 Å². The van der Waals surface area contributed by atoms with Crippen LogP contribution in [0.2, 0.25) is 0 Å². The van der Waals surface area contributed by atoms with E-state index in [-0.39, 0.29) is 0 Å². The molecule has 18 heavy (non-hydrogen) atoms. The number of carbonyl (C=O) groups is 2. The summed E-state index contributed by atoms with van der Waals surface area (Å²) >= 11 is 0. The van der Waals surface area contributed by atoms with Crippen LogP contribution < -0.4 is 5.32 Å². The predicted molar refractivity (Wildman–Crippen MR) is 45.5 cm³/mol. The molecule has 1 amide bonds. The summed E-state index contributed by atoms with van der Waals surface area (Å²) in [7, 11) is 0. The maximum atomic E-state index is 12.2. The number of carbonyl (C=O) groups excluding carboxylic acids is 1. The van der Waals surface area contributed by atoms with E-state index in [0.717, 1.165) is 6.92 Å². The fraction of sp³-hybridized carbons (Fsp3) is 0.750. The molecular weight excluding hydrogens is 272 g/mol. The minimum absolute atomic E-state index is 0.784. The number of carboxylic acid groups (broad SMARTS) is 1. The molecule has 0 aliphatic heterocycles. The Kier molecular flexibility index (Phi) is 4.99. The van der Waals surface area contributed by atoms with Crippen molar-refractivity contribution in [3.63, 3.8) is 0 Å². The second-order valence-corrected chi connectivity index (χ2v) is 3.46. The summed E-state index contributed by atoms with van der Waals surface area (Å²) in [5.41, 5.74) is 0. The lowest BCUT2D eigenvalue weighted by molar-refractivity contribution is -0.286. The van der Waals surface area contributed by atoms with E-state index in [1.807, 2.05) is 0 Å². The first-order valence-electron chi connectivity index (χ1n) is 4.49. The molecule has 0 rings (SSSR count). The zero-order valence-electron chi connectivity index (χ0n) is 8.89. The smallest absolute Gasteiger partial charge is 0.400 e. The summed E-state index contributed by atoms with van der Waals surface area (Å²) in [4.78, 5) is 21.0. The lowest BCUT2D eigenvalue weighted by Crippen LogP contribution is -2.46. The van der Waals surface area contributed by atoms with E-state index >= 15 is 0 Å². The van der Waals surface area contributed by atoms with E-state index in [4.69, 9.17) is 5.11 Å². The molecule has 0 aliphatic carbocycles. The number of hydrogen-bond donors (Lipinski definition) is 2. The molecule has 0 spiro atoms. The van der Waals surface area contributed by atoms with E-state index < -0.39 is 42.6 Å². The average molecular weight is 281 g/mol. The van der Waals surface area contributed by atoms with Crippen LogP contribution in [0.1, 0.15) is 13.3 Å². The highest BCUT2D eigenvalue weighted by Gasteiger charge is 2.57. The van der Waals surface area contributed by atoms with Crippen LogP contribution in [0.15, 0.2) is 0 Å². The molecule has 0 aliphatic rings. The van der Waals surface area contributed by atoms with Crippen LogP contribution in [-0.2, 0) is 9.59 Å². The molecule has 0 saturated carbocycles. The van der Waals surface area contributed by atoms with Gasteiger partial charge in [-0.15, -0.1) is 0 Å². The third kappa shape index (κ3) is 5.23. The first-order valence-corrected chi connectivity index (χ1v) is 4.49. The zero-order chi connectivity index (χ0) is 14.7. The number of carboxylic acids is 1. The van der Waals surface area contributed by atoms with Gasteiger partial charge in [-0.05, 0) is 6.42 Å². The number of halogens is 6. The Morgan fingerprint density at radius 2 is 1.50 bits per heavy atom. The predicted octanol–water partition coefficient (Wildman–Crippen LogP) is 1.71. The van der Waals surface area contributed by atoms with E-state index in [9.17, 15) is 35.9 Å². The van der Waals surface area contributed by atoms with Gasteiger partial charge >= 0.3 is 18.3 Å². The van der Waals surface area contributed by atoms with Gasteiger partial charge in [0.05, 0.1) is 0 Å². The lowest BCUT2D eigenvalue weighted by Gasteiger charge is -2.25. The Morgan fingerprint density at radius 3 is 1.72 bits per heavy atom. The molecule has 4 nitrogen and oxygen atoms in total. The van der Waals surface area contributed by atoms with Crippen LogP contribution in [0, 0.1) is 5.92 Å². The molecule has 0 saturated heterocycles. The largest absolute Gasteiger partial charge is 0.480 e. The average Bonchev–Trinajstić information content (AvgIpc) is 2.06. The first-order chi connectivity index (χ1) is 7.85. The molecule has 0 aromatic rings. The van der Waals surface area contributed by atoms with Crippen molar-refractivity contribution in [1.29, 1.82) is 0 Å². The summed E-state index contributed by atoms with van der Waals surface area (Å²) in [5.74, 6) is -6.81. The van der Waals surface area contributed by atoms with Crippen molar-refractivity contribution in [1.82, 2.24) is 5.32 Å². The Morgan fingerprint density at radius 1 is 1.11 bits per heavy atom. The fourth-order valence-electron chi connectivity index (χ4n) is 1.16. The summed E-state index contributed by atoms with van der Waals surface area (Å²) in [6.07, 6.45) is -13.1. The molecule has 0 aromatic heterocycles. The molecule has 106 valence electrons. The van der Waals surface area contributed by atoms with Crippen molar-refractivity contribution >= 4 is 11.9 Å². The number of amides is 1. The van der Waals surface area contributed by atoms with Gasteiger partial charge in [0.25, 0.3) is 0 Å². The standard InChI is InChI=1S/C8H9F6NO3/c1-3(16)15-4(6(17)18)2-5(7(9,10)11)8(12,13)14/h4-5H,2H2,1H3,(H,15,16)(H,17,18). The van der Waals surface area contributed by atoms with Gasteiger partial charge in [0, 0.05) is 6.92 Å². The Labute approximate surface area is 97.0 Å². The van der Waals surface area contributed by atoms with E-state index in [2.05, 4.69) is 0 Å². The van der Waals surface area contributed by atoms with Crippen molar-refractivity contribution in [3.05, 3.63) is 0 Å². The van der Waals surface area contributed by atoms with E-state index in [1.165, 1.54) is 5.32 Å². The summed E-state index contributed by atoms with van der Waals surface area (Å²) in [5, 5.41) is 9.97. The van der Waals surface area contributed by atoms with Gasteiger partial charge in [-0.1, -0.05) is 0 Å². The Bertz CT molecular complexity index is 310. The minimum Gasteiger partial charge on any atom is -0.480 e. The van der Waals surface area contributed by atoms with Crippen LogP contribution in [-0.4, -0.2) is 35.4 Å². The molecule has 0 bridgehead atoms. The Balaban J connectivity index is 5.06. The number of alkyl halides is 6. The van der Waals surface area contributed by atoms with Crippen LogP contribution in [0.25, 0.3) is 0 Å². The molecule has 2 N–H and O–H groups in total. The third-order valence-electron chi connectivity index (χ3n) is 1.94. The number of aliphatic carboxylic acids is 1. The van der Waals surface area contributed by atoms with Crippen molar-refractivity contribution < 1.29 is 41.0 Å². The van der Waals surface area contributed by atoms with Gasteiger partial charge in [0.1, 0.15) is 6.04 Å². The number of rotatable bonds is 4. The normalized spacial score (nSPS) is 14.4. The molecule has 0 fully saturated rings. The van der Waals surface area contributed by atoms with Crippen LogP contribution >= 0.6 is 0 Å². The number of hydrogen-bond acceptors (Lipinski definition) is 2. The maximum Gasteiger partial charge on any atom is 0.400 e. The Hall–Kier alpha value is -1.48. The highest BCUT2D eigenvalue weighted by Crippen LogP contribution is 2.41. The summed E-state index contributed by atoms with van der Waals surface area (Å²) in [6, 6.07) is -2.25. The van der Waals surface area contributed by atoms with Crippen LogP contribution in [0.3, 0.4) is 0 Å². The van der Waals surface area contributed by atoms with Gasteiger partial charge < -0.3 is 10.4 Å². The molecule has 0 aromatic carbocycles. The topological polar surface area (TPSA) is 66.4 Å². The molecule has 0 heterocycles. The van der Waals surface area contributed by atoms with Crippen LogP contribution in [0.5, 0.6) is 0 Å². The maximum absolute atomic E-state index is 12.2. The quantitative estimate of drug-likeness (QED) is 0.771. The summed E-state index contributed by atoms with van der Waals surface area (Å²) < 4.78 is 72.9. The van der Waals surface area contributed by atoms with Gasteiger partial charge in [-0.3, -0.25) is 4.79 Å². The summed E-state index contributed by atoms with van der Waals surface area (Å²) in [6.45, 7) is 0.784. The SMILES string of the molecule is CC(=O)NC(CC(C(F)(F)F)C(F)(F)F)C(=O)O. The third-order valence-corrected chi connectivity index (χ3v) is 1.94. The van der Waals surface area contributed by atoms with Gasteiger partial charge in [0.15, 0.2) is 5.92 Å². The van der Waals surface area contributed by atoms with Gasteiger partial charge in [-0.2, -0.15) is 26.3 Å². The lowest BCUT2D eigenvalue weighted by atomic mass is 9.98. The second-order valence-electron chi connectivity index (χ2n) is 3.46. The van der Waals surface area contributed by atoms with Crippen molar-refractivity contribution in [3.8, 4) is 0 Å². The van der Waals surface area contributed by atoms with Crippen LogP contribution in [0.4, 0.5) is 26.3 Å². The molecule has 10 heteroatoms. The second kappa shape index (κ2) is 5.44. The zero-order valence-corrected chi connectivity index (χ0v) is 8.89. The molecule has 1 unspecified atom stereocenters. The monoisotopic (exact) mass is 281 g/mol.